The summed E-state index contributed by atoms with van der Waals surface area (Å²) < 4.78 is 14.8. The molecule has 4 nitrogen and oxygen atoms in total. The first-order valence-corrected chi connectivity index (χ1v) is 6.44. The second-order valence-electron chi connectivity index (χ2n) is 4.20. The highest BCUT2D eigenvalue weighted by Crippen LogP contribution is 2.27. The molecule has 19 heavy (non-hydrogen) atoms. The lowest BCUT2D eigenvalue weighted by molar-refractivity contribution is 0.619. The molecule has 0 radical (unpaired) electrons. The first-order valence-electron chi connectivity index (χ1n) is 5.63. The number of nitrogens with zero attached hydrogens (tertiary/aromatic N) is 4. The van der Waals surface area contributed by atoms with Crippen LogP contribution in [0.15, 0.2) is 18.2 Å². The maximum absolute atomic E-state index is 13.3. The van der Waals surface area contributed by atoms with Crippen LogP contribution in [-0.2, 0) is 0 Å². The van der Waals surface area contributed by atoms with Crippen molar-refractivity contribution in [3.05, 3.63) is 40.3 Å². The van der Waals surface area contributed by atoms with Gasteiger partial charge in [0.2, 0.25) is 4.96 Å². The highest BCUT2D eigenvalue weighted by molar-refractivity contribution is 7.16. The zero-order valence-electron chi connectivity index (χ0n) is 10.3. The highest BCUT2D eigenvalue weighted by atomic mass is 32.1. The van der Waals surface area contributed by atoms with Gasteiger partial charge in [-0.05, 0) is 37.6 Å². The molecule has 0 fully saturated rings. The van der Waals surface area contributed by atoms with Crippen LogP contribution < -0.4 is 0 Å². The first kappa shape index (κ1) is 11.8. The summed E-state index contributed by atoms with van der Waals surface area (Å²) in [6.45, 7) is 3.55. The second-order valence-corrected chi connectivity index (χ2v) is 5.36. The van der Waals surface area contributed by atoms with E-state index in [0.29, 0.717) is 21.9 Å². The fourth-order valence-corrected chi connectivity index (χ4v) is 2.68. The average molecular weight is 272 g/mol. The highest BCUT2D eigenvalue weighted by Gasteiger charge is 2.17. The summed E-state index contributed by atoms with van der Waals surface area (Å²) in [7, 11) is 0. The van der Waals surface area contributed by atoms with Gasteiger partial charge in [-0.2, -0.15) is 14.9 Å². The lowest BCUT2D eigenvalue weighted by Crippen LogP contribution is -1.91. The molecule has 2 heterocycles. The molecule has 0 aliphatic carbocycles. The van der Waals surface area contributed by atoms with Gasteiger partial charge in [0.15, 0.2) is 5.69 Å². The van der Waals surface area contributed by atoms with Crippen LogP contribution >= 0.6 is 11.3 Å². The smallest absolute Gasteiger partial charge is 0.213 e. The molecule has 0 aliphatic heterocycles. The monoisotopic (exact) mass is 272 g/mol. The van der Waals surface area contributed by atoms with Crippen molar-refractivity contribution in [2.75, 3.05) is 0 Å². The standard InChI is InChI=1S/C13H9FN4S/c1-7-5-9(3-4-10(7)14)12-11(6-15)18-13(16-12)19-8(2)17-18/h3-5H,1-2H3. The number of benzene rings is 1. The minimum atomic E-state index is -0.266. The summed E-state index contributed by atoms with van der Waals surface area (Å²) in [5.41, 5.74) is 2.18. The molecule has 0 amide bonds. The molecule has 3 aromatic rings. The molecule has 0 unspecified atom stereocenters. The van der Waals surface area contributed by atoms with Gasteiger partial charge in [-0.25, -0.2) is 9.37 Å². The Hall–Kier alpha value is -2.26. The first-order chi connectivity index (χ1) is 9.10. The van der Waals surface area contributed by atoms with Gasteiger partial charge in [-0.15, -0.1) is 0 Å². The Labute approximate surface area is 112 Å². The van der Waals surface area contributed by atoms with E-state index in [2.05, 4.69) is 16.2 Å². The van der Waals surface area contributed by atoms with Crippen molar-refractivity contribution in [3.8, 4) is 17.3 Å². The molecule has 0 atom stereocenters. The molecule has 0 N–H and O–H groups in total. The van der Waals surface area contributed by atoms with Crippen molar-refractivity contribution in [2.45, 2.75) is 13.8 Å². The Bertz CT molecular complexity index is 825. The van der Waals surface area contributed by atoms with E-state index in [4.69, 9.17) is 0 Å². The lowest BCUT2D eigenvalue weighted by atomic mass is 10.1. The van der Waals surface area contributed by atoms with Gasteiger partial charge in [-0.1, -0.05) is 11.3 Å². The Morgan fingerprint density at radius 1 is 1.37 bits per heavy atom. The molecule has 0 bridgehead atoms. The molecule has 6 heteroatoms. The SMILES string of the molecule is Cc1nn2c(C#N)c(-c3ccc(F)c(C)c3)nc2s1. The largest absolute Gasteiger partial charge is 0.216 e. The van der Waals surface area contributed by atoms with Gasteiger partial charge in [0, 0.05) is 5.56 Å². The predicted octanol–water partition coefficient (Wildman–Crippen LogP) is 3.09. The Kier molecular flexibility index (Phi) is 2.57. The Morgan fingerprint density at radius 3 is 2.84 bits per heavy atom. The van der Waals surface area contributed by atoms with Crippen LogP contribution in [0.5, 0.6) is 0 Å². The van der Waals surface area contributed by atoms with Crippen molar-refractivity contribution in [2.24, 2.45) is 0 Å². The number of hydrogen-bond acceptors (Lipinski definition) is 4. The van der Waals surface area contributed by atoms with Crippen molar-refractivity contribution in [1.82, 2.24) is 14.6 Å². The summed E-state index contributed by atoms with van der Waals surface area (Å²) in [4.78, 5) is 5.09. The quantitative estimate of drug-likeness (QED) is 0.684. The Balaban J connectivity index is 2.27. The summed E-state index contributed by atoms with van der Waals surface area (Å²) >= 11 is 1.42. The third-order valence-electron chi connectivity index (χ3n) is 2.84. The molecule has 2 aromatic heterocycles. The third kappa shape index (κ3) is 1.79. The van der Waals surface area contributed by atoms with Crippen LogP contribution in [0.1, 0.15) is 16.3 Å². The molecule has 0 spiro atoms. The summed E-state index contributed by atoms with van der Waals surface area (Å²) in [5, 5.41) is 14.4. The average Bonchev–Trinajstić information content (AvgIpc) is 2.88. The van der Waals surface area contributed by atoms with E-state index in [9.17, 15) is 9.65 Å². The van der Waals surface area contributed by atoms with Gasteiger partial charge in [0.1, 0.15) is 22.6 Å². The van der Waals surface area contributed by atoms with Crippen LogP contribution in [0.2, 0.25) is 0 Å². The van der Waals surface area contributed by atoms with Crippen LogP contribution in [0, 0.1) is 31.0 Å². The summed E-state index contributed by atoms with van der Waals surface area (Å²) in [6.07, 6.45) is 0. The van der Waals surface area contributed by atoms with Gasteiger partial charge in [0.05, 0.1) is 0 Å². The van der Waals surface area contributed by atoms with Crippen LogP contribution in [-0.4, -0.2) is 14.6 Å². The van der Waals surface area contributed by atoms with Gasteiger partial charge >= 0.3 is 0 Å². The molecule has 0 saturated carbocycles. The topological polar surface area (TPSA) is 54.0 Å². The number of hydrogen-bond donors (Lipinski definition) is 0. The summed E-state index contributed by atoms with van der Waals surface area (Å²) in [6, 6.07) is 6.82. The number of halogens is 1. The second kappa shape index (κ2) is 4.14. The summed E-state index contributed by atoms with van der Waals surface area (Å²) in [5.74, 6) is -0.266. The lowest BCUT2D eigenvalue weighted by Gasteiger charge is -2.00. The van der Waals surface area contributed by atoms with Crippen molar-refractivity contribution < 1.29 is 4.39 Å². The molecular weight excluding hydrogens is 263 g/mol. The maximum atomic E-state index is 13.3. The fourth-order valence-electron chi connectivity index (χ4n) is 1.94. The fraction of sp³-hybridized carbons (Fsp3) is 0.154. The third-order valence-corrected chi connectivity index (χ3v) is 3.67. The van der Waals surface area contributed by atoms with Gasteiger partial charge in [-0.3, -0.25) is 0 Å². The van der Waals surface area contributed by atoms with Crippen molar-refractivity contribution in [1.29, 1.82) is 5.26 Å². The number of aromatic nitrogens is 3. The number of nitriles is 1. The van der Waals surface area contributed by atoms with Gasteiger partial charge < -0.3 is 0 Å². The van der Waals surface area contributed by atoms with E-state index < -0.39 is 0 Å². The van der Waals surface area contributed by atoms with E-state index in [1.807, 2.05) is 6.92 Å². The van der Waals surface area contributed by atoms with E-state index in [1.165, 1.54) is 21.9 Å². The number of fused-ring (bicyclic) bond motifs is 1. The normalized spacial score (nSPS) is 10.8. The number of imidazole rings is 1. The van der Waals surface area contributed by atoms with E-state index >= 15 is 0 Å². The molecule has 1 aromatic carbocycles. The van der Waals surface area contributed by atoms with Crippen LogP contribution in [0.3, 0.4) is 0 Å². The van der Waals surface area contributed by atoms with E-state index in [-0.39, 0.29) is 5.82 Å². The zero-order valence-corrected chi connectivity index (χ0v) is 11.1. The molecule has 94 valence electrons. The van der Waals surface area contributed by atoms with Crippen molar-refractivity contribution >= 4 is 16.3 Å². The minimum Gasteiger partial charge on any atom is -0.216 e. The molecule has 3 rings (SSSR count). The number of aryl methyl sites for hydroxylation is 2. The van der Waals surface area contributed by atoms with E-state index in [0.717, 1.165) is 10.6 Å². The molecular formula is C13H9FN4S. The van der Waals surface area contributed by atoms with Crippen LogP contribution in [0.25, 0.3) is 16.2 Å². The van der Waals surface area contributed by atoms with Crippen LogP contribution in [0.4, 0.5) is 4.39 Å². The Morgan fingerprint density at radius 2 is 2.16 bits per heavy atom. The van der Waals surface area contributed by atoms with Crippen molar-refractivity contribution in [3.63, 3.8) is 0 Å². The molecule has 0 saturated heterocycles. The minimum absolute atomic E-state index is 0.266. The zero-order chi connectivity index (χ0) is 13.6. The maximum Gasteiger partial charge on any atom is 0.213 e. The van der Waals surface area contributed by atoms with E-state index in [1.54, 1.807) is 19.1 Å². The van der Waals surface area contributed by atoms with Gasteiger partial charge in [0.25, 0.3) is 0 Å². The predicted molar refractivity (Wildman–Crippen MR) is 70.4 cm³/mol. The molecule has 0 aliphatic rings. The number of rotatable bonds is 1.